The average molecular weight is 672 g/mol. The van der Waals surface area contributed by atoms with Gasteiger partial charge in [0.2, 0.25) is 0 Å². The predicted octanol–water partition coefficient (Wildman–Crippen LogP) is 6.85. The molecule has 0 spiro atoms. The second-order valence-corrected chi connectivity index (χ2v) is 12.5. The van der Waals surface area contributed by atoms with Crippen LogP contribution in [0.5, 0.6) is 5.75 Å². The summed E-state index contributed by atoms with van der Waals surface area (Å²) in [5.74, 6) is 1.13. The fourth-order valence-corrected chi connectivity index (χ4v) is 5.75. The van der Waals surface area contributed by atoms with Crippen LogP contribution in [0, 0.1) is 20.8 Å². The van der Waals surface area contributed by atoms with E-state index in [1.54, 1.807) is 4.63 Å². The average Bonchev–Trinajstić information content (AvgIpc) is 3.48. The van der Waals surface area contributed by atoms with Crippen molar-refractivity contribution in [3.05, 3.63) is 87.5 Å². The molecule has 2 aromatic heterocycles. The molecule has 0 fully saturated rings. The number of H-pyrrole nitrogens is 1. The molecule has 2 heterocycles. The van der Waals surface area contributed by atoms with Gasteiger partial charge in [-0.1, -0.05) is 39.0 Å². The first-order chi connectivity index (χ1) is 19.9. The number of anilines is 3. The van der Waals surface area contributed by atoms with Gasteiger partial charge >= 0.3 is 22.8 Å². The molecule has 0 saturated carbocycles. The number of halogens is 1. The van der Waals surface area contributed by atoms with Crippen LogP contribution in [0.2, 0.25) is 0 Å². The van der Waals surface area contributed by atoms with Gasteiger partial charge in [0.15, 0.2) is 11.5 Å². The number of aromatic amines is 1. The molecule has 10 nitrogen and oxygen atoms in total. The first-order valence-electron chi connectivity index (χ1n) is 12.9. The van der Waals surface area contributed by atoms with Crippen LogP contribution in [-0.2, 0) is 28.3 Å². The van der Waals surface area contributed by atoms with E-state index < -0.39 is 22.8 Å². The second kappa shape index (κ2) is 13.0. The van der Waals surface area contributed by atoms with Crippen molar-refractivity contribution in [2.45, 2.75) is 47.0 Å². The lowest BCUT2D eigenvalue weighted by Gasteiger charge is -2.16. The van der Waals surface area contributed by atoms with E-state index in [1.165, 1.54) is 5.56 Å². The molecule has 5 aromatic rings. The molecule has 1 atom stereocenters. The van der Waals surface area contributed by atoms with Gasteiger partial charge in [-0.05, 0) is 89.8 Å². The van der Waals surface area contributed by atoms with Crippen LogP contribution >= 0.6 is 15.9 Å². The largest absolute Gasteiger partial charge is 0.385 e. The molecule has 13 heteroatoms. The summed E-state index contributed by atoms with van der Waals surface area (Å²) in [6, 6.07) is 19.5. The third kappa shape index (κ3) is 7.33. The summed E-state index contributed by atoms with van der Waals surface area (Å²) in [5, 5.41) is 11.3. The van der Waals surface area contributed by atoms with E-state index in [-0.39, 0.29) is 5.41 Å². The van der Waals surface area contributed by atoms with Gasteiger partial charge in [0.05, 0.1) is 10.2 Å². The van der Waals surface area contributed by atoms with Gasteiger partial charge in [-0.3, -0.25) is 9.82 Å². The molecule has 0 aliphatic carbocycles. The van der Waals surface area contributed by atoms with Crippen molar-refractivity contribution in [1.82, 2.24) is 19.8 Å². The van der Waals surface area contributed by atoms with E-state index >= 15 is 0 Å². The number of nitrogens with zero attached hydrogens (tertiary/aromatic N) is 3. The van der Waals surface area contributed by atoms with Crippen molar-refractivity contribution in [2.75, 3.05) is 10.0 Å². The highest BCUT2D eigenvalue weighted by Crippen LogP contribution is 2.32. The molecule has 42 heavy (non-hydrogen) atoms. The van der Waals surface area contributed by atoms with E-state index in [2.05, 4.69) is 94.0 Å². The molecule has 0 bridgehead atoms. The maximum Gasteiger partial charge on any atom is 0.335 e. The molecule has 220 valence electrons. The summed E-state index contributed by atoms with van der Waals surface area (Å²) in [7, 11) is 0. The highest BCUT2D eigenvalue weighted by Gasteiger charge is 2.24. The van der Waals surface area contributed by atoms with Crippen LogP contribution in [0.3, 0.4) is 0 Å². The minimum Gasteiger partial charge on any atom is -0.385 e. The lowest BCUT2D eigenvalue weighted by molar-refractivity contribution is 0.554. The third-order valence-electron chi connectivity index (χ3n) is 6.36. The Labute approximate surface area is 258 Å². The van der Waals surface area contributed by atoms with E-state index in [9.17, 15) is 4.21 Å². The van der Waals surface area contributed by atoms with Gasteiger partial charge in [-0.25, -0.2) is 4.98 Å². The van der Waals surface area contributed by atoms with Crippen LogP contribution in [0.1, 0.15) is 43.2 Å². The number of aromatic nitrogens is 4. The Hall–Kier alpha value is -3.81. The number of hydrogen-bond acceptors (Lipinski definition) is 7. The van der Waals surface area contributed by atoms with E-state index in [4.69, 9.17) is 12.6 Å². The third-order valence-corrected chi connectivity index (χ3v) is 7.85. The molecule has 0 amide bonds. The smallest absolute Gasteiger partial charge is 0.335 e. The first kappa shape index (κ1) is 31.1. The molecule has 3 N–H and O–H groups in total. The quantitative estimate of drug-likeness (QED) is 0.173. The van der Waals surface area contributed by atoms with Crippen molar-refractivity contribution in [3.63, 3.8) is 0 Å². The Morgan fingerprint density at radius 2 is 1.60 bits per heavy atom. The zero-order valence-electron chi connectivity index (χ0n) is 23.9. The van der Waals surface area contributed by atoms with Gasteiger partial charge in [0.1, 0.15) is 5.75 Å². The molecular formula is C29H31BrN6O4S2. The maximum atomic E-state index is 12.8. The van der Waals surface area contributed by atoms with Gasteiger partial charge in [-0.2, -0.15) is 17.3 Å². The summed E-state index contributed by atoms with van der Waals surface area (Å²) in [5.41, 5.74) is 8.28. The van der Waals surface area contributed by atoms with Crippen molar-refractivity contribution in [1.29, 1.82) is 0 Å². The zero-order chi connectivity index (χ0) is 30.6. The molecule has 5 rings (SSSR count). The maximum absolute atomic E-state index is 12.8. The highest BCUT2D eigenvalue weighted by molar-refractivity contribution is 9.10. The summed E-state index contributed by atoms with van der Waals surface area (Å²) in [6.07, 6.45) is 0. The normalized spacial score (nSPS) is 11.9. The van der Waals surface area contributed by atoms with E-state index in [0.29, 0.717) is 17.3 Å². The summed E-state index contributed by atoms with van der Waals surface area (Å²) < 4.78 is 40.6. The van der Waals surface area contributed by atoms with E-state index in [0.717, 1.165) is 43.9 Å². The minimum atomic E-state index is -1.79. The van der Waals surface area contributed by atoms with Crippen molar-refractivity contribution in [3.8, 4) is 17.1 Å². The minimum absolute atomic E-state index is 0.0666. The fraction of sp³-hybridized carbons (Fsp3) is 0.241. The Balaban J connectivity index is 0.00000129. The molecular weight excluding hydrogens is 640 g/mol. The number of hydrogen-bond donors (Lipinski definition) is 3. The van der Waals surface area contributed by atoms with Crippen LogP contribution in [0.15, 0.2) is 65.1 Å². The SMILES string of the molecule is Cc1ccc(C)c(Nc2ccc(C)c(OS(=O)Nc3ccc(-c4nc5c(Br)c(C(C)(C)C)[nH]n5n4)cc3)c2)c1.O=S=O. The van der Waals surface area contributed by atoms with Gasteiger partial charge < -0.3 is 9.50 Å². The zero-order valence-corrected chi connectivity index (χ0v) is 27.2. The topological polar surface area (TPSA) is 130 Å². The summed E-state index contributed by atoms with van der Waals surface area (Å²) in [6.45, 7) is 12.4. The van der Waals surface area contributed by atoms with Crippen molar-refractivity contribution >= 4 is 61.5 Å². The second-order valence-electron chi connectivity index (χ2n) is 10.7. The standard InChI is InChI=1S/C29H31BrN6O2S.O2S/c1-17-7-8-18(2)23(15-17)31-22-12-9-19(3)24(16-22)38-39(37)35-21-13-10-20(11-14-21)27-32-28-25(30)26(29(4,5)6)33-36(28)34-27;1-3-2/h7-16,31,33,35H,1-6H3;. The Bertz CT molecular complexity index is 1790. The van der Waals surface area contributed by atoms with Crippen LogP contribution in [0.4, 0.5) is 17.1 Å². The Kier molecular flexibility index (Phi) is 9.64. The number of aryl methyl sites for hydroxylation is 3. The Morgan fingerprint density at radius 3 is 2.24 bits per heavy atom. The Morgan fingerprint density at radius 1 is 0.952 bits per heavy atom. The summed E-state index contributed by atoms with van der Waals surface area (Å²) >= 11 is 1.11. The highest BCUT2D eigenvalue weighted by atomic mass is 79.9. The van der Waals surface area contributed by atoms with Crippen LogP contribution in [0.25, 0.3) is 17.0 Å². The van der Waals surface area contributed by atoms with Crippen LogP contribution < -0.4 is 14.2 Å². The number of nitrogens with one attached hydrogen (secondary N) is 3. The van der Waals surface area contributed by atoms with Gasteiger partial charge in [0.25, 0.3) is 0 Å². The monoisotopic (exact) mass is 670 g/mol. The van der Waals surface area contributed by atoms with E-state index in [1.807, 2.05) is 49.4 Å². The van der Waals surface area contributed by atoms with Crippen LogP contribution in [-0.4, -0.2) is 32.4 Å². The van der Waals surface area contributed by atoms with Gasteiger partial charge in [0, 0.05) is 34.1 Å². The fourth-order valence-electron chi connectivity index (χ4n) is 4.10. The number of fused-ring (bicyclic) bond motifs is 1. The lowest BCUT2D eigenvalue weighted by Crippen LogP contribution is -2.13. The molecule has 0 radical (unpaired) electrons. The number of rotatable bonds is 7. The van der Waals surface area contributed by atoms with Crippen molar-refractivity contribution in [2.24, 2.45) is 0 Å². The predicted molar refractivity (Wildman–Crippen MR) is 171 cm³/mol. The first-order valence-corrected chi connectivity index (χ1v) is 15.4. The lowest BCUT2D eigenvalue weighted by atomic mass is 9.92. The molecule has 0 saturated heterocycles. The molecule has 0 aliphatic heterocycles. The van der Waals surface area contributed by atoms with Crippen molar-refractivity contribution < 1.29 is 16.8 Å². The van der Waals surface area contributed by atoms with Gasteiger partial charge in [-0.15, -0.1) is 5.10 Å². The number of benzene rings is 3. The molecule has 1 unspecified atom stereocenters. The molecule has 0 aliphatic rings. The molecule has 3 aromatic carbocycles. The summed E-state index contributed by atoms with van der Waals surface area (Å²) in [4.78, 5) is 4.68.